The van der Waals surface area contributed by atoms with E-state index >= 15 is 0 Å². The van der Waals surface area contributed by atoms with Gasteiger partial charge in [-0.3, -0.25) is 4.68 Å². The zero-order valence-corrected chi connectivity index (χ0v) is 10.9. The third-order valence-electron chi connectivity index (χ3n) is 2.68. The standard InChI is InChI=1S/C13H18N4O2/c1-19-13-6-11(2-3-15-13)7-14-8-12-9-16-17(10-12)4-5-18/h2-3,6,9-10,14,18H,4-5,7-8H2,1H3. The first-order valence-corrected chi connectivity index (χ1v) is 6.13. The van der Waals surface area contributed by atoms with Gasteiger partial charge in [-0.2, -0.15) is 5.10 Å². The monoisotopic (exact) mass is 262 g/mol. The Bertz CT molecular complexity index is 513. The average Bonchev–Trinajstić information content (AvgIpc) is 2.87. The van der Waals surface area contributed by atoms with E-state index in [1.807, 2.05) is 18.3 Å². The third kappa shape index (κ3) is 4.04. The molecule has 2 rings (SSSR count). The van der Waals surface area contributed by atoms with Crippen LogP contribution in [0.25, 0.3) is 0 Å². The average molecular weight is 262 g/mol. The summed E-state index contributed by atoms with van der Waals surface area (Å²) < 4.78 is 6.80. The molecule has 6 nitrogen and oxygen atoms in total. The lowest BCUT2D eigenvalue weighted by Gasteiger charge is -2.04. The number of aliphatic hydroxyl groups excluding tert-OH is 1. The molecule has 2 heterocycles. The van der Waals surface area contributed by atoms with E-state index in [4.69, 9.17) is 9.84 Å². The van der Waals surface area contributed by atoms with E-state index < -0.39 is 0 Å². The molecule has 0 radical (unpaired) electrons. The minimum absolute atomic E-state index is 0.103. The maximum Gasteiger partial charge on any atom is 0.213 e. The van der Waals surface area contributed by atoms with E-state index in [2.05, 4.69) is 15.4 Å². The number of hydrogen-bond acceptors (Lipinski definition) is 5. The van der Waals surface area contributed by atoms with Crippen molar-refractivity contribution in [1.29, 1.82) is 0 Å². The molecule has 0 spiro atoms. The first-order chi connectivity index (χ1) is 9.31. The van der Waals surface area contributed by atoms with Crippen molar-refractivity contribution in [3.8, 4) is 5.88 Å². The van der Waals surface area contributed by atoms with Crippen molar-refractivity contribution in [2.45, 2.75) is 19.6 Å². The van der Waals surface area contributed by atoms with Crippen molar-refractivity contribution in [3.63, 3.8) is 0 Å². The first kappa shape index (κ1) is 13.5. The van der Waals surface area contributed by atoms with Crippen molar-refractivity contribution < 1.29 is 9.84 Å². The predicted molar refractivity (Wildman–Crippen MR) is 70.6 cm³/mol. The Morgan fingerprint density at radius 1 is 1.37 bits per heavy atom. The van der Waals surface area contributed by atoms with Crippen LogP contribution in [0.5, 0.6) is 5.88 Å². The molecule has 0 unspecified atom stereocenters. The van der Waals surface area contributed by atoms with Gasteiger partial charge in [-0.15, -0.1) is 0 Å². The molecule has 0 amide bonds. The lowest BCUT2D eigenvalue weighted by molar-refractivity contribution is 0.269. The summed E-state index contributed by atoms with van der Waals surface area (Å²) in [5, 5.41) is 16.3. The van der Waals surface area contributed by atoms with Crippen molar-refractivity contribution in [1.82, 2.24) is 20.1 Å². The fourth-order valence-electron chi connectivity index (χ4n) is 1.75. The molecule has 0 saturated heterocycles. The molecule has 0 aliphatic carbocycles. The third-order valence-corrected chi connectivity index (χ3v) is 2.68. The second kappa shape index (κ2) is 6.86. The summed E-state index contributed by atoms with van der Waals surface area (Å²) in [6, 6.07) is 3.85. The van der Waals surface area contributed by atoms with Gasteiger partial charge in [0.2, 0.25) is 5.88 Å². The number of nitrogens with one attached hydrogen (secondary N) is 1. The molecule has 2 aromatic rings. The highest BCUT2D eigenvalue weighted by molar-refractivity contribution is 5.20. The Morgan fingerprint density at radius 3 is 3.00 bits per heavy atom. The highest BCUT2D eigenvalue weighted by Gasteiger charge is 2.00. The topological polar surface area (TPSA) is 72.2 Å². The van der Waals surface area contributed by atoms with Gasteiger partial charge in [0.25, 0.3) is 0 Å². The first-order valence-electron chi connectivity index (χ1n) is 6.13. The van der Waals surface area contributed by atoms with Crippen LogP contribution in [0.4, 0.5) is 0 Å². The van der Waals surface area contributed by atoms with Gasteiger partial charge >= 0.3 is 0 Å². The van der Waals surface area contributed by atoms with Gasteiger partial charge < -0.3 is 15.2 Å². The normalized spacial score (nSPS) is 10.6. The Hall–Kier alpha value is -1.92. The Morgan fingerprint density at radius 2 is 2.21 bits per heavy atom. The molecule has 0 aromatic carbocycles. The summed E-state index contributed by atoms with van der Waals surface area (Å²) in [5.74, 6) is 0.620. The Balaban J connectivity index is 1.81. The smallest absolute Gasteiger partial charge is 0.213 e. The number of pyridine rings is 1. The summed E-state index contributed by atoms with van der Waals surface area (Å²) in [5.41, 5.74) is 2.21. The molecule has 0 saturated carbocycles. The molecule has 0 aliphatic rings. The van der Waals surface area contributed by atoms with Gasteiger partial charge in [-0.1, -0.05) is 0 Å². The predicted octanol–water partition coefficient (Wildman–Crippen LogP) is 0.569. The zero-order valence-electron chi connectivity index (χ0n) is 10.9. The molecule has 0 bridgehead atoms. The molecule has 0 fully saturated rings. The fourth-order valence-corrected chi connectivity index (χ4v) is 1.75. The van der Waals surface area contributed by atoms with Crippen molar-refractivity contribution in [2.24, 2.45) is 0 Å². The van der Waals surface area contributed by atoms with Crippen LogP contribution in [-0.4, -0.2) is 33.6 Å². The van der Waals surface area contributed by atoms with Crippen molar-refractivity contribution >= 4 is 0 Å². The Kier molecular flexibility index (Phi) is 4.88. The molecule has 0 atom stereocenters. The minimum atomic E-state index is 0.103. The van der Waals surface area contributed by atoms with Crippen LogP contribution >= 0.6 is 0 Å². The van der Waals surface area contributed by atoms with Crippen LogP contribution in [0.15, 0.2) is 30.7 Å². The molecular formula is C13H18N4O2. The number of ether oxygens (including phenoxy) is 1. The number of hydrogen-bond donors (Lipinski definition) is 2. The molecule has 2 aromatic heterocycles. The van der Waals surface area contributed by atoms with E-state index in [0.717, 1.165) is 24.2 Å². The Labute approximate surface area is 112 Å². The van der Waals surface area contributed by atoms with Crippen molar-refractivity contribution in [3.05, 3.63) is 41.9 Å². The van der Waals surface area contributed by atoms with E-state index in [-0.39, 0.29) is 6.61 Å². The lowest BCUT2D eigenvalue weighted by Crippen LogP contribution is -2.12. The summed E-state index contributed by atoms with van der Waals surface area (Å²) in [6.45, 7) is 2.10. The van der Waals surface area contributed by atoms with Crippen LogP contribution in [0.3, 0.4) is 0 Å². The van der Waals surface area contributed by atoms with Gasteiger partial charge in [-0.25, -0.2) is 4.98 Å². The van der Waals surface area contributed by atoms with Gasteiger partial charge in [0.05, 0.1) is 26.5 Å². The van der Waals surface area contributed by atoms with E-state index in [9.17, 15) is 0 Å². The second-order valence-corrected chi connectivity index (χ2v) is 4.15. The van der Waals surface area contributed by atoms with Crippen LogP contribution in [0.1, 0.15) is 11.1 Å². The van der Waals surface area contributed by atoms with Gasteiger partial charge in [-0.05, 0) is 11.6 Å². The maximum absolute atomic E-state index is 8.81. The number of methoxy groups -OCH3 is 1. The van der Waals surface area contributed by atoms with Crippen LogP contribution in [0, 0.1) is 0 Å². The highest BCUT2D eigenvalue weighted by Crippen LogP contribution is 2.08. The number of rotatable bonds is 7. The highest BCUT2D eigenvalue weighted by atomic mass is 16.5. The lowest BCUT2D eigenvalue weighted by atomic mass is 10.2. The number of nitrogens with zero attached hydrogens (tertiary/aromatic N) is 3. The van der Waals surface area contributed by atoms with Gasteiger partial charge in [0, 0.05) is 37.1 Å². The van der Waals surface area contributed by atoms with Gasteiger partial charge in [0.15, 0.2) is 0 Å². The molecule has 19 heavy (non-hydrogen) atoms. The van der Waals surface area contributed by atoms with Gasteiger partial charge in [0.1, 0.15) is 0 Å². The molecule has 102 valence electrons. The summed E-state index contributed by atoms with van der Waals surface area (Å²) >= 11 is 0. The molecule has 2 N–H and O–H groups in total. The molecule has 0 aliphatic heterocycles. The zero-order chi connectivity index (χ0) is 13.5. The van der Waals surface area contributed by atoms with Crippen LogP contribution in [0.2, 0.25) is 0 Å². The second-order valence-electron chi connectivity index (χ2n) is 4.15. The summed E-state index contributed by atoms with van der Waals surface area (Å²) in [4.78, 5) is 4.06. The molecular weight excluding hydrogens is 244 g/mol. The van der Waals surface area contributed by atoms with Crippen LogP contribution in [-0.2, 0) is 19.6 Å². The van der Waals surface area contributed by atoms with E-state index in [1.54, 1.807) is 24.2 Å². The minimum Gasteiger partial charge on any atom is -0.481 e. The van der Waals surface area contributed by atoms with Crippen molar-refractivity contribution in [2.75, 3.05) is 13.7 Å². The molecule has 6 heteroatoms. The fraction of sp³-hybridized carbons (Fsp3) is 0.385. The van der Waals surface area contributed by atoms with E-state index in [0.29, 0.717) is 12.4 Å². The number of aliphatic hydroxyl groups is 1. The van der Waals surface area contributed by atoms with Crippen LogP contribution < -0.4 is 10.1 Å². The quantitative estimate of drug-likeness (QED) is 0.763. The largest absolute Gasteiger partial charge is 0.481 e. The summed E-state index contributed by atoms with van der Waals surface area (Å²) in [7, 11) is 1.61. The SMILES string of the molecule is COc1cc(CNCc2cnn(CCO)c2)ccn1. The van der Waals surface area contributed by atoms with E-state index in [1.165, 1.54) is 0 Å². The summed E-state index contributed by atoms with van der Waals surface area (Å²) in [6.07, 6.45) is 5.46. The maximum atomic E-state index is 8.81. The number of aromatic nitrogens is 3.